The third-order valence-corrected chi connectivity index (χ3v) is 5.72. The zero-order valence-corrected chi connectivity index (χ0v) is 18.0. The van der Waals surface area contributed by atoms with Gasteiger partial charge in [0.2, 0.25) is 0 Å². The fourth-order valence-corrected chi connectivity index (χ4v) is 3.11. The third kappa shape index (κ3) is 5.20. The van der Waals surface area contributed by atoms with Gasteiger partial charge in [-0.3, -0.25) is 9.69 Å². The Hall–Kier alpha value is -1.21. The van der Waals surface area contributed by atoms with Gasteiger partial charge in [0.05, 0.1) is 17.7 Å². The highest BCUT2D eigenvalue weighted by Crippen LogP contribution is 2.36. The summed E-state index contributed by atoms with van der Waals surface area (Å²) in [6, 6.07) is 7.66. The van der Waals surface area contributed by atoms with Crippen LogP contribution in [-0.4, -0.2) is 73.7 Å². The first-order chi connectivity index (χ1) is 12.7. The van der Waals surface area contributed by atoms with E-state index in [1.807, 2.05) is 65.8 Å². The summed E-state index contributed by atoms with van der Waals surface area (Å²) >= 11 is 0. The van der Waals surface area contributed by atoms with E-state index in [2.05, 4.69) is 16.8 Å². The molecule has 0 saturated carbocycles. The first-order valence-corrected chi connectivity index (χ1v) is 10.1. The van der Waals surface area contributed by atoms with E-state index in [0.29, 0.717) is 6.54 Å². The third-order valence-electron chi connectivity index (χ3n) is 5.72. The molecule has 0 N–H and O–H groups in total. The van der Waals surface area contributed by atoms with Gasteiger partial charge >= 0.3 is 7.12 Å². The number of hydrogen-bond acceptors (Lipinski definition) is 5. The van der Waals surface area contributed by atoms with Crippen molar-refractivity contribution in [3.05, 3.63) is 29.8 Å². The zero-order valence-electron chi connectivity index (χ0n) is 18.0. The Labute approximate surface area is 165 Å². The van der Waals surface area contributed by atoms with Crippen LogP contribution in [0.25, 0.3) is 0 Å². The topological polar surface area (TPSA) is 42.0 Å². The predicted octanol–water partition coefficient (Wildman–Crippen LogP) is 2.44. The molecule has 0 atom stereocenters. The molecule has 1 aromatic carbocycles. The first-order valence-electron chi connectivity index (χ1n) is 10.1. The molecule has 2 aliphatic rings. The molecule has 2 saturated heterocycles. The summed E-state index contributed by atoms with van der Waals surface area (Å²) in [6.45, 7) is 16.6. The summed E-state index contributed by atoms with van der Waals surface area (Å²) in [5.74, 6) is 0.171. The van der Waals surface area contributed by atoms with Crippen molar-refractivity contribution in [1.29, 1.82) is 0 Å². The van der Waals surface area contributed by atoms with E-state index in [1.54, 1.807) is 0 Å². The fraction of sp³-hybridized carbons (Fsp3) is 0.667. The van der Waals surface area contributed by atoms with E-state index in [9.17, 15) is 4.79 Å². The Morgan fingerprint density at radius 2 is 1.44 bits per heavy atom. The number of likely N-dealkylation sites (N-methyl/N-ethyl adjacent to an activating group) is 1. The summed E-state index contributed by atoms with van der Waals surface area (Å²) in [5, 5.41) is 0. The van der Waals surface area contributed by atoms with Crippen LogP contribution in [0, 0.1) is 0 Å². The maximum atomic E-state index is 12.5. The Bertz CT molecular complexity index is 607. The smallest absolute Gasteiger partial charge is 0.399 e. The molecule has 2 aliphatic heterocycles. The van der Waals surface area contributed by atoms with Gasteiger partial charge in [-0.25, -0.2) is 0 Å². The van der Waals surface area contributed by atoms with Crippen LogP contribution < -0.4 is 5.46 Å². The second-order valence-corrected chi connectivity index (χ2v) is 8.21. The Morgan fingerprint density at radius 1 is 0.963 bits per heavy atom. The van der Waals surface area contributed by atoms with Crippen LogP contribution in [0.5, 0.6) is 0 Å². The van der Waals surface area contributed by atoms with Crippen molar-refractivity contribution in [3.8, 4) is 0 Å². The van der Waals surface area contributed by atoms with Crippen molar-refractivity contribution in [3.63, 3.8) is 0 Å². The molecule has 2 fully saturated rings. The van der Waals surface area contributed by atoms with Gasteiger partial charge in [0, 0.05) is 31.7 Å². The minimum Gasteiger partial charge on any atom is -0.399 e. The van der Waals surface area contributed by atoms with Crippen molar-refractivity contribution in [2.75, 3.05) is 39.8 Å². The molecule has 0 amide bonds. The summed E-state index contributed by atoms with van der Waals surface area (Å²) in [4.78, 5) is 17.0. The number of carbonyl (C=O) groups excluding carboxylic acids is 1. The van der Waals surface area contributed by atoms with E-state index in [-0.39, 0.29) is 24.1 Å². The van der Waals surface area contributed by atoms with Crippen LogP contribution in [-0.2, 0) is 9.31 Å². The van der Waals surface area contributed by atoms with Crippen LogP contribution in [0.4, 0.5) is 0 Å². The first kappa shape index (κ1) is 22.1. The van der Waals surface area contributed by atoms with E-state index in [1.165, 1.54) is 0 Å². The SMILES string of the molecule is CC.CN1CCN(CC(=O)c2ccc(B3OC(C)(C)C(C)(C)O3)cc2)CC1. The molecule has 2 heterocycles. The van der Waals surface area contributed by atoms with E-state index in [0.717, 1.165) is 37.2 Å². The van der Waals surface area contributed by atoms with Gasteiger partial charge in [0.15, 0.2) is 5.78 Å². The second kappa shape index (κ2) is 8.86. The Morgan fingerprint density at radius 3 is 1.93 bits per heavy atom. The van der Waals surface area contributed by atoms with Gasteiger partial charge in [-0.05, 0) is 40.2 Å². The molecule has 1 aromatic rings. The molecule has 3 rings (SSSR count). The summed E-state index contributed by atoms with van der Waals surface area (Å²) < 4.78 is 12.1. The number of carbonyl (C=O) groups is 1. The molecular weight excluding hydrogens is 339 g/mol. The van der Waals surface area contributed by atoms with Crippen LogP contribution in [0.15, 0.2) is 24.3 Å². The molecule has 0 aromatic heterocycles. The summed E-state index contributed by atoms with van der Waals surface area (Å²) in [5.41, 5.74) is 0.996. The normalized spacial score (nSPS) is 22.3. The van der Waals surface area contributed by atoms with Crippen molar-refractivity contribution in [1.82, 2.24) is 9.80 Å². The number of rotatable bonds is 4. The van der Waals surface area contributed by atoms with E-state index < -0.39 is 0 Å². The van der Waals surface area contributed by atoms with Crippen molar-refractivity contribution >= 4 is 18.4 Å². The lowest BCUT2D eigenvalue weighted by atomic mass is 9.78. The van der Waals surface area contributed by atoms with Gasteiger partial charge in [-0.15, -0.1) is 0 Å². The highest BCUT2D eigenvalue weighted by atomic mass is 16.7. The molecular formula is C21H35BN2O3. The van der Waals surface area contributed by atoms with Gasteiger partial charge in [-0.1, -0.05) is 38.1 Å². The Balaban J connectivity index is 0.00000126. The van der Waals surface area contributed by atoms with Crippen LogP contribution in [0.1, 0.15) is 51.9 Å². The molecule has 27 heavy (non-hydrogen) atoms. The lowest BCUT2D eigenvalue weighted by Gasteiger charge is -2.32. The number of nitrogens with zero attached hydrogens (tertiary/aromatic N) is 2. The van der Waals surface area contributed by atoms with Crippen molar-refractivity contribution in [2.45, 2.75) is 52.7 Å². The number of Topliss-reactive ketones (excluding diaryl/α,β-unsaturated/α-hetero) is 1. The molecule has 0 spiro atoms. The fourth-order valence-electron chi connectivity index (χ4n) is 3.11. The lowest BCUT2D eigenvalue weighted by Crippen LogP contribution is -2.46. The predicted molar refractivity (Wildman–Crippen MR) is 112 cm³/mol. The highest BCUT2D eigenvalue weighted by Gasteiger charge is 2.51. The number of hydrogen-bond donors (Lipinski definition) is 0. The molecule has 150 valence electrons. The lowest BCUT2D eigenvalue weighted by molar-refractivity contribution is 0.00578. The number of benzene rings is 1. The maximum Gasteiger partial charge on any atom is 0.494 e. The van der Waals surface area contributed by atoms with Gasteiger partial charge in [-0.2, -0.15) is 0 Å². The quantitative estimate of drug-likeness (QED) is 0.598. The standard InChI is InChI=1S/C19H29BN2O3.C2H6/c1-18(2)19(3,4)25-20(24-18)16-8-6-15(7-9-16)17(23)14-22-12-10-21(5)11-13-22;1-2/h6-9H,10-14H2,1-5H3;1-2H3. The molecule has 0 radical (unpaired) electrons. The average Bonchev–Trinajstić information content (AvgIpc) is 2.86. The minimum absolute atomic E-state index is 0.171. The molecule has 5 nitrogen and oxygen atoms in total. The van der Waals surface area contributed by atoms with E-state index >= 15 is 0 Å². The second-order valence-electron chi connectivity index (χ2n) is 8.21. The van der Waals surface area contributed by atoms with Crippen LogP contribution in [0.3, 0.4) is 0 Å². The minimum atomic E-state index is -0.383. The number of ketones is 1. The highest BCUT2D eigenvalue weighted by molar-refractivity contribution is 6.62. The van der Waals surface area contributed by atoms with Gasteiger partial charge in [0.25, 0.3) is 0 Å². The largest absolute Gasteiger partial charge is 0.494 e. The van der Waals surface area contributed by atoms with Gasteiger partial charge in [0.1, 0.15) is 0 Å². The molecule has 0 aliphatic carbocycles. The Kier molecular flexibility index (Phi) is 7.25. The molecule has 0 unspecified atom stereocenters. The van der Waals surface area contributed by atoms with Crippen molar-refractivity contribution < 1.29 is 14.1 Å². The molecule has 0 bridgehead atoms. The monoisotopic (exact) mass is 374 g/mol. The zero-order chi connectivity index (χ0) is 20.2. The molecule has 6 heteroatoms. The summed E-state index contributed by atoms with van der Waals surface area (Å²) in [7, 11) is 1.74. The average molecular weight is 374 g/mol. The van der Waals surface area contributed by atoms with Crippen molar-refractivity contribution in [2.24, 2.45) is 0 Å². The number of piperazine rings is 1. The van der Waals surface area contributed by atoms with Gasteiger partial charge < -0.3 is 14.2 Å². The summed E-state index contributed by atoms with van der Waals surface area (Å²) in [6.07, 6.45) is 0. The van der Waals surface area contributed by atoms with Crippen LogP contribution >= 0.6 is 0 Å². The van der Waals surface area contributed by atoms with E-state index in [4.69, 9.17) is 9.31 Å². The van der Waals surface area contributed by atoms with Crippen LogP contribution in [0.2, 0.25) is 0 Å². The maximum absolute atomic E-state index is 12.5.